The largest absolute Gasteiger partial charge is 0.368 e. The number of aryl methyl sites for hydroxylation is 1. The fraction of sp³-hybridized carbons (Fsp3) is 0.545. The van der Waals surface area contributed by atoms with E-state index in [-0.39, 0.29) is 0 Å². The van der Waals surface area contributed by atoms with Crippen LogP contribution >= 0.6 is 0 Å². The second kappa shape index (κ2) is 4.67. The second-order valence-corrected chi connectivity index (χ2v) is 4.42. The number of rotatable bonds is 4. The Balaban J connectivity index is 2.19. The molecule has 17 heavy (non-hydrogen) atoms. The minimum absolute atomic E-state index is 0.441. The molecular weight excluding hydrogens is 216 g/mol. The predicted octanol–water partition coefficient (Wildman–Crippen LogP) is 0.725. The fourth-order valence-electron chi connectivity index (χ4n) is 1.53. The quantitative estimate of drug-likeness (QED) is 0.845. The van der Waals surface area contributed by atoms with Crippen molar-refractivity contribution in [2.45, 2.75) is 13.0 Å². The third-order valence-electron chi connectivity index (χ3n) is 2.98. The first-order chi connectivity index (χ1) is 8.09. The lowest BCUT2D eigenvalue weighted by atomic mass is 10.3. The zero-order chi connectivity index (χ0) is 12.4. The summed E-state index contributed by atoms with van der Waals surface area (Å²) in [6, 6.07) is 0.441. The molecule has 2 aromatic rings. The van der Waals surface area contributed by atoms with E-state index in [0.29, 0.717) is 6.04 Å². The third-order valence-corrected chi connectivity index (χ3v) is 2.98. The van der Waals surface area contributed by atoms with Gasteiger partial charge in [0.2, 0.25) is 0 Å². The van der Waals surface area contributed by atoms with Gasteiger partial charge in [-0.25, -0.2) is 9.97 Å². The minimum Gasteiger partial charge on any atom is -0.368 e. The highest BCUT2D eigenvalue weighted by Crippen LogP contribution is 2.17. The van der Waals surface area contributed by atoms with E-state index in [9.17, 15) is 0 Å². The smallest absolute Gasteiger partial charge is 0.163 e. The van der Waals surface area contributed by atoms with E-state index in [1.807, 2.05) is 7.05 Å². The predicted molar refractivity (Wildman–Crippen MR) is 67.9 cm³/mol. The normalized spacial score (nSPS) is 13.2. The third kappa shape index (κ3) is 2.36. The molecule has 0 amide bonds. The van der Waals surface area contributed by atoms with E-state index < -0.39 is 0 Å². The van der Waals surface area contributed by atoms with Crippen LogP contribution < -0.4 is 5.32 Å². The van der Waals surface area contributed by atoms with Gasteiger partial charge in [0.25, 0.3) is 0 Å². The van der Waals surface area contributed by atoms with E-state index in [2.05, 4.69) is 46.3 Å². The summed E-state index contributed by atoms with van der Waals surface area (Å²) in [7, 11) is 6.00. The summed E-state index contributed by atoms with van der Waals surface area (Å²) < 4.78 is 1.75. The van der Waals surface area contributed by atoms with Crippen LogP contribution in [-0.2, 0) is 7.05 Å². The van der Waals surface area contributed by atoms with Crippen LogP contribution in [0.3, 0.4) is 0 Å². The number of aromatic nitrogens is 4. The summed E-state index contributed by atoms with van der Waals surface area (Å²) in [5.74, 6) is 0.844. The molecule has 0 saturated carbocycles. The van der Waals surface area contributed by atoms with Gasteiger partial charge in [0.1, 0.15) is 12.1 Å². The number of hydrogen-bond acceptors (Lipinski definition) is 5. The summed E-state index contributed by atoms with van der Waals surface area (Å²) in [6.45, 7) is 3.00. The highest BCUT2D eigenvalue weighted by atomic mass is 15.3. The molecule has 0 saturated heterocycles. The average Bonchev–Trinajstić information content (AvgIpc) is 2.69. The molecule has 0 aliphatic rings. The van der Waals surface area contributed by atoms with E-state index >= 15 is 0 Å². The van der Waals surface area contributed by atoms with Crippen molar-refractivity contribution in [1.82, 2.24) is 24.6 Å². The van der Waals surface area contributed by atoms with Crippen LogP contribution in [0.15, 0.2) is 12.5 Å². The van der Waals surface area contributed by atoms with Crippen molar-refractivity contribution in [3.63, 3.8) is 0 Å². The van der Waals surface area contributed by atoms with E-state index in [1.54, 1.807) is 17.2 Å². The van der Waals surface area contributed by atoms with Crippen molar-refractivity contribution in [3.8, 4) is 0 Å². The highest BCUT2D eigenvalue weighted by molar-refractivity contribution is 5.85. The molecule has 0 bridgehead atoms. The van der Waals surface area contributed by atoms with Crippen molar-refractivity contribution in [1.29, 1.82) is 0 Å². The van der Waals surface area contributed by atoms with Crippen molar-refractivity contribution in [3.05, 3.63) is 12.5 Å². The molecule has 6 heteroatoms. The Hall–Kier alpha value is -1.69. The molecule has 2 aromatic heterocycles. The van der Waals surface area contributed by atoms with Gasteiger partial charge in [-0.15, -0.1) is 0 Å². The first-order valence-corrected chi connectivity index (χ1v) is 5.62. The Kier molecular flexibility index (Phi) is 3.23. The van der Waals surface area contributed by atoms with Gasteiger partial charge in [-0.3, -0.25) is 4.68 Å². The average molecular weight is 234 g/mol. The lowest BCUT2D eigenvalue weighted by Crippen LogP contribution is -2.31. The van der Waals surface area contributed by atoms with E-state index in [1.165, 1.54) is 0 Å². The number of hydrogen-bond donors (Lipinski definition) is 1. The number of likely N-dealkylation sites (N-methyl/N-ethyl adjacent to an activating group) is 1. The van der Waals surface area contributed by atoms with Crippen molar-refractivity contribution >= 4 is 16.9 Å². The molecule has 0 aliphatic heterocycles. The highest BCUT2D eigenvalue weighted by Gasteiger charge is 2.09. The molecule has 2 heterocycles. The maximum absolute atomic E-state index is 4.26. The van der Waals surface area contributed by atoms with Crippen molar-refractivity contribution < 1.29 is 0 Å². The zero-order valence-corrected chi connectivity index (χ0v) is 10.7. The van der Waals surface area contributed by atoms with Gasteiger partial charge in [-0.1, -0.05) is 0 Å². The SMILES string of the molecule is CC(CNc1ncnc2c1cnn2C)N(C)C. The molecular formula is C11H18N6. The topological polar surface area (TPSA) is 58.9 Å². The zero-order valence-electron chi connectivity index (χ0n) is 10.7. The summed E-state index contributed by atoms with van der Waals surface area (Å²) in [6.07, 6.45) is 3.35. The molecule has 0 radical (unpaired) electrons. The lowest BCUT2D eigenvalue weighted by Gasteiger charge is -2.20. The first-order valence-electron chi connectivity index (χ1n) is 5.62. The number of anilines is 1. The number of fused-ring (bicyclic) bond motifs is 1. The second-order valence-electron chi connectivity index (χ2n) is 4.42. The molecule has 0 fully saturated rings. The standard InChI is InChI=1S/C11H18N6/c1-8(16(2)3)5-12-10-9-6-15-17(4)11(9)14-7-13-10/h6-8H,5H2,1-4H3,(H,12,13,14). The molecule has 2 rings (SSSR count). The van der Waals surface area contributed by atoms with Crippen LogP contribution in [0, 0.1) is 0 Å². The van der Waals surface area contributed by atoms with Gasteiger partial charge in [-0.2, -0.15) is 5.10 Å². The number of nitrogens with one attached hydrogen (secondary N) is 1. The van der Waals surface area contributed by atoms with Crippen molar-refractivity contribution in [2.75, 3.05) is 26.0 Å². The molecule has 92 valence electrons. The first kappa shape index (κ1) is 11.8. The lowest BCUT2D eigenvalue weighted by molar-refractivity contribution is 0.326. The van der Waals surface area contributed by atoms with Crippen LogP contribution in [0.2, 0.25) is 0 Å². The van der Waals surface area contributed by atoms with Gasteiger partial charge in [0.05, 0.1) is 11.6 Å². The summed E-state index contributed by atoms with van der Waals surface area (Å²) in [4.78, 5) is 10.6. The van der Waals surface area contributed by atoms with E-state index in [0.717, 1.165) is 23.4 Å². The molecule has 0 aliphatic carbocycles. The minimum atomic E-state index is 0.441. The molecule has 1 unspecified atom stereocenters. The Labute approximate surface area is 101 Å². The number of nitrogens with zero attached hydrogens (tertiary/aromatic N) is 5. The van der Waals surface area contributed by atoms with Gasteiger partial charge in [-0.05, 0) is 21.0 Å². The maximum Gasteiger partial charge on any atom is 0.163 e. The van der Waals surface area contributed by atoms with E-state index in [4.69, 9.17) is 0 Å². The summed E-state index contributed by atoms with van der Waals surface area (Å²) in [5, 5.41) is 8.48. The van der Waals surface area contributed by atoms with Crippen LogP contribution in [0.1, 0.15) is 6.92 Å². The molecule has 1 atom stereocenters. The molecule has 0 aromatic carbocycles. The van der Waals surface area contributed by atoms with Crippen LogP contribution in [0.5, 0.6) is 0 Å². The van der Waals surface area contributed by atoms with Crippen LogP contribution in [0.25, 0.3) is 11.0 Å². The Morgan fingerprint density at radius 1 is 1.41 bits per heavy atom. The fourth-order valence-corrected chi connectivity index (χ4v) is 1.53. The van der Waals surface area contributed by atoms with Crippen molar-refractivity contribution in [2.24, 2.45) is 7.05 Å². The summed E-state index contributed by atoms with van der Waals surface area (Å²) >= 11 is 0. The Morgan fingerprint density at radius 2 is 2.18 bits per heavy atom. The maximum atomic E-state index is 4.26. The van der Waals surface area contributed by atoms with Gasteiger partial charge in [0.15, 0.2) is 5.65 Å². The Morgan fingerprint density at radius 3 is 2.88 bits per heavy atom. The molecule has 1 N–H and O–H groups in total. The molecule has 6 nitrogen and oxygen atoms in total. The van der Waals surface area contributed by atoms with Crippen LogP contribution in [0.4, 0.5) is 5.82 Å². The Bertz CT molecular complexity index is 504. The monoisotopic (exact) mass is 234 g/mol. The van der Waals surface area contributed by atoms with Gasteiger partial charge in [0, 0.05) is 19.6 Å². The summed E-state index contributed by atoms with van der Waals surface area (Å²) in [5.41, 5.74) is 0.847. The molecule has 0 spiro atoms. The van der Waals surface area contributed by atoms with Gasteiger partial charge >= 0.3 is 0 Å². The van der Waals surface area contributed by atoms with Gasteiger partial charge < -0.3 is 10.2 Å². The van der Waals surface area contributed by atoms with Crippen LogP contribution in [-0.4, -0.2) is 51.3 Å².